The largest absolute Gasteiger partial charge is 0.494 e. The van der Waals surface area contributed by atoms with Crippen LogP contribution < -0.4 is 31.6 Å². The van der Waals surface area contributed by atoms with Crippen molar-refractivity contribution in [3.63, 3.8) is 0 Å². The van der Waals surface area contributed by atoms with Crippen molar-refractivity contribution in [2.75, 3.05) is 57.3 Å². The van der Waals surface area contributed by atoms with Gasteiger partial charge in [-0.3, -0.25) is 19.6 Å². The van der Waals surface area contributed by atoms with Crippen LogP contribution in [0.25, 0.3) is 11.0 Å². The first-order valence-corrected chi connectivity index (χ1v) is 17.3. The molecule has 2 aromatic heterocycles. The molecule has 0 saturated carbocycles. The van der Waals surface area contributed by atoms with Crippen molar-refractivity contribution in [2.45, 2.75) is 59.7 Å². The number of nitrogen functional groups attached to an aromatic ring is 1. The molecule has 0 atom stereocenters. The molecule has 0 saturated heterocycles. The summed E-state index contributed by atoms with van der Waals surface area (Å²) in [5.41, 5.74) is 14.4. The van der Waals surface area contributed by atoms with Crippen molar-refractivity contribution in [3.05, 3.63) is 65.0 Å². The number of amides is 3. The van der Waals surface area contributed by atoms with Crippen LogP contribution >= 0.6 is 0 Å². The Balaban J connectivity index is 1.54. The van der Waals surface area contributed by atoms with Crippen LogP contribution in [0.3, 0.4) is 0 Å². The number of esters is 1. The number of aryl methyl sites for hydroxylation is 2. The first kappa shape index (κ1) is 40.5. The highest BCUT2D eigenvalue weighted by molar-refractivity contribution is 6.04. The predicted octanol–water partition coefficient (Wildman–Crippen LogP) is 4.59. The monoisotopic (exact) mass is 747 g/mol. The third-order valence-electron chi connectivity index (χ3n) is 7.98. The van der Waals surface area contributed by atoms with E-state index in [2.05, 4.69) is 20.7 Å². The molecule has 54 heavy (non-hydrogen) atoms. The number of carbonyl (C=O) groups excluding carboxylic acids is 4. The normalized spacial score (nSPS) is 11.4. The van der Waals surface area contributed by atoms with Gasteiger partial charge in [0.2, 0.25) is 11.9 Å². The SMILES string of the molecule is CCn1nc(C)cc1C(=O)Nc1nc2cc(C(=O)OC)cc(OC)c2n1CC=CCNc1c(N)cc(C(N)=O)cc1OCCCN(C)C(=O)OC(C)(C)C. The number of benzene rings is 2. The Kier molecular flexibility index (Phi) is 13.1. The van der Waals surface area contributed by atoms with Crippen molar-refractivity contribution >= 4 is 52.2 Å². The van der Waals surface area contributed by atoms with Crippen LogP contribution in [-0.2, 0) is 22.6 Å². The summed E-state index contributed by atoms with van der Waals surface area (Å²) in [5, 5.41) is 10.5. The fraction of sp³-hybridized carbons (Fsp3) is 0.405. The van der Waals surface area contributed by atoms with Gasteiger partial charge in [0.25, 0.3) is 5.91 Å². The number of hydrogen-bond donors (Lipinski definition) is 4. The number of primary amides is 1. The van der Waals surface area contributed by atoms with Gasteiger partial charge < -0.3 is 45.2 Å². The molecule has 4 aromatic rings. The van der Waals surface area contributed by atoms with E-state index in [0.29, 0.717) is 59.1 Å². The Morgan fingerprint density at radius 1 is 1.02 bits per heavy atom. The number of anilines is 3. The quantitative estimate of drug-likeness (QED) is 0.0535. The van der Waals surface area contributed by atoms with Crippen LogP contribution in [0.1, 0.15) is 71.0 Å². The van der Waals surface area contributed by atoms with Gasteiger partial charge in [-0.2, -0.15) is 5.10 Å². The molecular weight excluding hydrogens is 698 g/mol. The Morgan fingerprint density at radius 2 is 1.74 bits per heavy atom. The zero-order valence-corrected chi connectivity index (χ0v) is 31.9. The fourth-order valence-electron chi connectivity index (χ4n) is 5.45. The molecule has 0 aliphatic heterocycles. The summed E-state index contributed by atoms with van der Waals surface area (Å²) in [6, 6.07) is 7.78. The summed E-state index contributed by atoms with van der Waals surface area (Å²) in [5.74, 6) is -0.761. The van der Waals surface area contributed by atoms with Gasteiger partial charge in [0.15, 0.2) is 0 Å². The number of rotatable bonds is 16. The lowest BCUT2D eigenvalue weighted by atomic mass is 10.1. The maximum absolute atomic E-state index is 13.4. The van der Waals surface area contributed by atoms with E-state index in [-0.39, 0.29) is 42.5 Å². The summed E-state index contributed by atoms with van der Waals surface area (Å²) < 4.78 is 25.3. The van der Waals surface area contributed by atoms with Gasteiger partial charge in [-0.05, 0) is 71.4 Å². The van der Waals surface area contributed by atoms with Crippen LogP contribution in [0.4, 0.5) is 22.1 Å². The lowest BCUT2D eigenvalue weighted by Gasteiger charge is -2.24. The molecule has 17 heteroatoms. The summed E-state index contributed by atoms with van der Waals surface area (Å²) in [7, 11) is 4.39. The van der Waals surface area contributed by atoms with E-state index in [0.717, 1.165) is 0 Å². The Labute approximate surface area is 313 Å². The molecule has 0 radical (unpaired) electrons. The van der Waals surface area contributed by atoms with Gasteiger partial charge in [0.1, 0.15) is 34.0 Å². The van der Waals surface area contributed by atoms with E-state index >= 15 is 0 Å². The lowest BCUT2D eigenvalue weighted by Crippen LogP contribution is -2.35. The summed E-state index contributed by atoms with van der Waals surface area (Å²) in [6.45, 7) is 10.7. The molecule has 4 rings (SSSR count). The number of nitrogens with two attached hydrogens (primary N) is 2. The molecule has 0 aliphatic rings. The van der Waals surface area contributed by atoms with Gasteiger partial charge >= 0.3 is 12.1 Å². The number of nitrogens with one attached hydrogen (secondary N) is 2. The molecule has 2 aromatic carbocycles. The second-order valence-electron chi connectivity index (χ2n) is 13.3. The van der Waals surface area contributed by atoms with E-state index in [4.69, 9.17) is 30.4 Å². The summed E-state index contributed by atoms with van der Waals surface area (Å²) in [4.78, 5) is 56.3. The van der Waals surface area contributed by atoms with Crippen LogP contribution in [-0.4, -0.2) is 94.7 Å². The van der Waals surface area contributed by atoms with Crippen molar-refractivity contribution in [1.82, 2.24) is 24.2 Å². The maximum Gasteiger partial charge on any atom is 0.410 e. The maximum atomic E-state index is 13.4. The van der Waals surface area contributed by atoms with Gasteiger partial charge in [0.05, 0.1) is 43.3 Å². The number of ether oxygens (including phenoxy) is 4. The van der Waals surface area contributed by atoms with Crippen LogP contribution in [0, 0.1) is 6.92 Å². The molecule has 3 amide bonds. The summed E-state index contributed by atoms with van der Waals surface area (Å²) >= 11 is 0. The molecular formula is C37H49N9O8. The Bertz CT molecular complexity index is 2040. The second kappa shape index (κ2) is 17.5. The number of carbonyl (C=O) groups is 4. The van der Waals surface area contributed by atoms with E-state index < -0.39 is 29.5 Å². The highest BCUT2D eigenvalue weighted by atomic mass is 16.6. The Morgan fingerprint density at radius 3 is 2.39 bits per heavy atom. The first-order valence-electron chi connectivity index (χ1n) is 17.3. The minimum atomic E-state index is -0.665. The van der Waals surface area contributed by atoms with Gasteiger partial charge in [-0.25, -0.2) is 14.6 Å². The molecule has 0 unspecified atom stereocenters. The van der Waals surface area contributed by atoms with Crippen LogP contribution in [0.15, 0.2) is 42.5 Å². The number of hydrogen-bond acceptors (Lipinski definition) is 12. The highest BCUT2D eigenvalue weighted by Crippen LogP contribution is 2.33. The smallest absolute Gasteiger partial charge is 0.410 e. The number of imidazole rings is 1. The molecule has 290 valence electrons. The number of nitrogens with zero attached hydrogens (tertiary/aromatic N) is 5. The zero-order chi connectivity index (χ0) is 39.7. The van der Waals surface area contributed by atoms with E-state index in [1.807, 2.05) is 19.1 Å². The highest BCUT2D eigenvalue weighted by Gasteiger charge is 2.23. The molecule has 0 aliphatic carbocycles. The number of fused-ring (bicyclic) bond motifs is 1. The fourth-order valence-corrected chi connectivity index (χ4v) is 5.45. The van der Waals surface area contributed by atoms with Crippen LogP contribution in [0.5, 0.6) is 11.5 Å². The zero-order valence-electron chi connectivity index (χ0n) is 31.9. The van der Waals surface area contributed by atoms with Crippen LogP contribution in [0.2, 0.25) is 0 Å². The van der Waals surface area contributed by atoms with Crippen molar-refractivity contribution in [3.8, 4) is 11.5 Å². The number of aromatic nitrogens is 4. The van der Waals surface area contributed by atoms with E-state index in [1.165, 1.54) is 31.3 Å². The van der Waals surface area contributed by atoms with E-state index in [9.17, 15) is 19.2 Å². The van der Waals surface area contributed by atoms with Crippen molar-refractivity contribution < 1.29 is 38.1 Å². The average Bonchev–Trinajstić information content (AvgIpc) is 3.67. The van der Waals surface area contributed by atoms with Gasteiger partial charge in [-0.15, -0.1) is 0 Å². The molecule has 6 N–H and O–H groups in total. The molecule has 0 spiro atoms. The average molecular weight is 748 g/mol. The number of allylic oxidation sites excluding steroid dienone is 1. The molecule has 17 nitrogen and oxygen atoms in total. The minimum Gasteiger partial charge on any atom is -0.494 e. The standard InChI is InChI=1S/C37H49N9O8/c1-9-46-27(17-22(2)43-46)33(48)42-35-41-26-19-24(34(49)52-8)21-29(51-7)31(26)45(35)15-11-10-13-40-30-25(38)18-23(32(39)47)20-28(30)53-16-12-14-44(6)36(50)54-37(3,4)5/h10-11,17-21,40H,9,12-16,38H2,1-8H3,(H2,39,47)(H,41,42,48). The molecule has 0 fully saturated rings. The second-order valence-corrected chi connectivity index (χ2v) is 13.3. The molecule has 2 heterocycles. The topological polar surface area (TPSA) is 220 Å². The van der Waals surface area contributed by atoms with Gasteiger partial charge in [-0.1, -0.05) is 12.2 Å². The third kappa shape index (κ3) is 9.99. The third-order valence-corrected chi connectivity index (χ3v) is 7.98. The van der Waals surface area contributed by atoms with E-state index in [1.54, 1.807) is 62.2 Å². The minimum absolute atomic E-state index is 0.178. The first-order chi connectivity index (χ1) is 25.6. The Hall–Kier alpha value is -6.26. The lowest BCUT2D eigenvalue weighted by molar-refractivity contribution is 0.0291. The van der Waals surface area contributed by atoms with Crippen molar-refractivity contribution in [2.24, 2.45) is 5.73 Å². The molecule has 0 bridgehead atoms. The number of methoxy groups -OCH3 is 2. The predicted molar refractivity (Wildman–Crippen MR) is 204 cm³/mol. The van der Waals surface area contributed by atoms with Gasteiger partial charge in [0, 0.05) is 38.8 Å². The van der Waals surface area contributed by atoms with Crippen molar-refractivity contribution in [1.29, 1.82) is 0 Å². The summed E-state index contributed by atoms with van der Waals surface area (Å²) in [6.07, 6.45) is 3.71.